The zero-order valence-corrected chi connectivity index (χ0v) is 15.0. The number of nitrogens with one attached hydrogen (secondary N) is 1. The molecule has 0 spiro atoms. The minimum Gasteiger partial charge on any atom is -0.497 e. The van der Waals surface area contributed by atoms with E-state index in [1.807, 2.05) is 0 Å². The second-order valence-electron chi connectivity index (χ2n) is 5.45. The maximum Gasteiger partial charge on any atom is 0.306 e. The summed E-state index contributed by atoms with van der Waals surface area (Å²) in [6.45, 7) is -0.548. The summed E-state index contributed by atoms with van der Waals surface area (Å²) in [6.07, 6.45) is 0.535. The minimum absolute atomic E-state index is 0.111. The molecule has 8 heteroatoms. The maximum absolute atomic E-state index is 11.7. The molecule has 0 aromatic heterocycles. The summed E-state index contributed by atoms with van der Waals surface area (Å²) in [7, 11) is 6.27. The Balaban J connectivity index is 2.38. The van der Waals surface area contributed by atoms with Gasteiger partial charge in [0, 0.05) is 26.6 Å². The molecular formula is C17H24N2O6. The van der Waals surface area contributed by atoms with Crippen molar-refractivity contribution in [3.63, 3.8) is 0 Å². The van der Waals surface area contributed by atoms with E-state index in [9.17, 15) is 14.4 Å². The van der Waals surface area contributed by atoms with Crippen LogP contribution in [0, 0.1) is 0 Å². The third-order valence-corrected chi connectivity index (χ3v) is 3.33. The molecule has 8 nitrogen and oxygen atoms in total. The molecule has 0 fully saturated rings. The Morgan fingerprint density at radius 2 is 1.64 bits per heavy atom. The van der Waals surface area contributed by atoms with E-state index in [-0.39, 0.29) is 18.9 Å². The summed E-state index contributed by atoms with van der Waals surface area (Å²) in [6, 6.07) is 5.34. The highest BCUT2D eigenvalue weighted by Crippen LogP contribution is 2.23. The van der Waals surface area contributed by atoms with E-state index in [0.29, 0.717) is 17.9 Å². The van der Waals surface area contributed by atoms with Gasteiger partial charge in [-0.05, 0) is 24.1 Å². The van der Waals surface area contributed by atoms with Crippen LogP contribution in [-0.2, 0) is 25.5 Å². The molecule has 1 aromatic rings. The van der Waals surface area contributed by atoms with Gasteiger partial charge in [-0.2, -0.15) is 0 Å². The van der Waals surface area contributed by atoms with E-state index in [0.717, 1.165) is 5.56 Å². The van der Waals surface area contributed by atoms with Crippen LogP contribution in [0.15, 0.2) is 18.2 Å². The molecule has 1 N–H and O–H groups in total. The quantitative estimate of drug-likeness (QED) is 0.646. The molecule has 0 bridgehead atoms. The number of likely N-dealkylation sites (N-methyl/N-ethyl adjacent to an activating group) is 1. The molecule has 0 aliphatic rings. The van der Waals surface area contributed by atoms with Crippen LogP contribution >= 0.6 is 0 Å². The molecule has 1 rings (SSSR count). The van der Waals surface area contributed by atoms with Crippen molar-refractivity contribution in [2.75, 3.05) is 41.5 Å². The van der Waals surface area contributed by atoms with Crippen molar-refractivity contribution in [1.82, 2.24) is 10.2 Å². The Morgan fingerprint density at radius 3 is 2.16 bits per heavy atom. The molecule has 0 aliphatic carbocycles. The first-order valence-corrected chi connectivity index (χ1v) is 7.70. The molecule has 2 amide bonds. The number of carbonyl (C=O) groups is 3. The Morgan fingerprint density at radius 1 is 1.04 bits per heavy atom. The number of ether oxygens (including phenoxy) is 3. The number of amides is 2. The van der Waals surface area contributed by atoms with E-state index < -0.39 is 18.5 Å². The topological polar surface area (TPSA) is 94.2 Å². The summed E-state index contributed by atoms with van der Waals surface area (Å²) >= 11 is 0. The van der Waals surface area contributed by atoms with Gasteiger partial charge in [0.2, 0.25) is 5.91 Å². The molecule has 25 heavy (non-hydrogen) atoms. The van der Waals surface area contributed by atoms with Gasteiger partial charge in [0.05, 0.1) is 20.8 Å². The van der Waals surface area contributed by atoms with Gasteiger partial charge in [-0.15, -0.1) is 0 Å². The maximum atomic E-state index is 11.7. The van der Waals surface area contributed by atoms with Crippen molar-refractivity contribution in [2.45, 2.75) is 12.8 Å². The fourth-order valence-corrected chi connectivity index (χ4v) is 1.86. The van der Waals surface area contributed by atoms with Gasteiger partial charge in [0.1, 0.15) is 11.5 Å². The molecule has 0 saturated carbocycles. The monoisotopic (exact) mass is 352 g/mol. The molecule has 0 aliphatic heterocycles. The SMILES string of the molecule is COc1cc(CCC(=O)OCC(=O)NCC(=O)N(C)C)cc(OC)c1. The Hall–Kier alpha value is -2.77. The van der Waals surface area contributed by atoms with Gasteiger partial charge < -0.3 is 24.4 Å². The van der Waals surface area contributed by atoms with Gasteiger partial charge in [-0.1, -0.05) is 0 Å². The van der Waals surface area contributed by atoms with Crippen molar-refractivity contribution in [1.29, 1.82) is 0 Å². The molecule has 0 unspecified atom stereocenters. The number of hydrogen-bond acceptors (Lipinski definition) is 6. The van der Waals surface area contributed by atoms with Crippen molar-refractivity contribution >= 4 is 17.8 Å². The summed E-state index contributed by atoms with van der Waals surface area (Å²) in [5.41, 5.74) is 0.856. The summed E-state index contributed by atoms with van der Waals surface area (Å²) in [4.78, 5) is 35.9. The lowest BCUT2D eigenvalue weighted by Gasteiger charge is -2.11. The lowest BCUT2D eigenvalue weighted by Crippen LogP contribution is -2.38. The van der Waals surface area contributed by atoms with Crippen molar-refractivity contribution in [3.8, 4) is 11.5 Å². The number of esters is 1. The first-order valence-electron chi connectivity index (χ1n) is 7.70. The normalized spacial score (nSPS) is 9.92. The van der Waals surface area contributed by atoms with Crippen molar-refractivity contribution in [3.05, 3.63) is 23.8 Å². The van der Waals surface area contributed by atoms with Crippen LogP contribution in [0.25, 0.3) is 0 Å². The molecule has 0 atom stereocenters. The number of aryl methyl sites for hydroxylation is 1. The zero-order chi connectivity index (χ0) is 18.8. The van der Waals surface area contributed by atoms with E-state index in [1.54, 1.807) is 46.5 Å². The van der Waals surface area contributed by atoms with Gasteiger partial charge in [-0.3, -0.25) is 14.4 Å². The smallest absolute Gasteiger partial charge is 0.306 e. The number of methoxy groups -OCH3 is 2. The van der Waals surface area contributed by atoms with Gasteiger partial charge in [0.25, 0.3) is 5.91 Å². The van der Waals surface area contributed by atoms with Crippen LogP contribution in [0.5, 0.6) is 11.5 Å². The fraction of sp³-hybridized carbons (Fsp3) is 0.471. The summed E-state index contributed by atoms with van der Waals surface area (Å²) in [5.74, 6) is -0.00516. The summed E-state index contributed by atoms with van der Waals surface area (Å²) in [5, 5.41) is 2.38. The molecule has 0 saturated heterocycles. The zero-order valence-electron chi connectivity index (χ0n) is 15.0. The second-order valence-corrected chi connectivity index (χ2v) is 5.45. The number of benzene rings is 1. The summed E-state index contributed by atoms with van der Waals surface area (Å²) < 4.78 is 15.2. The first-order chi connectivity index (χ1) is 11.8. The van der Waals surface area contributed by atoms with E-state index in [2.05, 4.69) is 5.32 Å². The number of hydrogen-bond donors (Lipinski definition) is 1. The van der Waals surface area contributed by atoms with Crippen molar-refractivity contribution in [2.24, 2.45) is 0 Å². The van der Waals surface area contributed by atoms with Gasteiger partial charge in [0.15, 0.2) is 6.61 Å². The molecule has 0 heterocycles. The third-order valence-electron chi connectivity index (χ3n) is 3.33. The highest BCUT2D eigenvalue weighted by molar-refractivity contribution is 5.86. The van der Waals surface area contributed by atoms with Crippen LogP contribution in [0.1, 0.15) is 12.0 Å². The minimum atomic E-state index is -0.522. The highest BCUT2D eigenvalue weighted by atomic mass is 16.5. The lowest BCUT2D eigenvalue weighted by molar-refractivity contribution is -0.148. The standard InChI is InChI=1S/C17H24N2O6/c1-19(2)16(21)10-18-15(20)11-25-17(22)6-5-12-7-13(23-3)9-14(8-12)24-4/h7-9H,5-6,10-11H2,1-4H3,(H,18,20). The largest absolute Gasteiger partial charge is 0.497 e. The van der Waals surface area contributed by atoms with Crippen molar-refractivity contribution < 1.29 is 28.6 Å². The Kier molecular flexibility index (Phi) is 8.25. The third kappa shape index (κ3) is 7.56. The first kappa shape index (κ1) is 20.3. The molecule has 1 aromatic carbocycles. The van der Waals surface area contributed by atoms with Gasteiger partial charge in [-0.25, -0.2) is 0 Å². The van der Waals surface area contributed by atoms with E-state index in [4.69, 9.17) is 14.2 Å². The van der Waals surface area contributed by atoms with Crippen LogP contribution < -0.4 is 14.8 Å². The molecular weight excluding hydrogens is 328 g/mol. The Labute approximate surface area is 147 Å². The molecule has 0 radical (unpaired) electrons. The second kappa shape index (κ2) is 10.2. The highest BCUT2D eigenvalue weighted by Gasteiger charge is 2.11. The van der Waals surface area contributed by atoms with Crippen LogP contribution in [-0.4, -0.2) is 64.2 Å². The van der Waals surface area contributed by atoms with Crippen LogP contribution in [0.2, 0.25) is 0 Å². The lowest BCUT2D eigenvalue weighted by atomic mass is 10.1. The van der Waals surface area contributed by atoms with Crippen LogP contribution in [0.4, 0.5) is 0 Å². The van der Waals surface area contributed by atoms with Crippen LogP contribution in [0.3, 0.4) is 0 Å². The average Bonchev–Trinajstić information content (AvgIpc) is 2.61. The number of nitrogens with zero attached hydrogens (tertiary/aromatic N) is 1. The Bertz CT molecular complexity index is 593. The predicted octanol–water partition coefficient (Wildman–Crippen LogP) is 0.384. The van der Waals surface area contributed by atoms with Gasteiger partial charge >= 0.3 is 5.97 Å². The fourth-order valence-electron chi connectivity index (χ4n) is 1.86. The predicted molar refractivity (Wildman–Crippen MR) is 90.5 cm³/mol. The average molecular weight is 352 g/mol. The van der Waals surface area contributed by atoms with E-state index in [1.165, 1.54) is 4.90 Å². The molecule has 138 valence electrons. The number of carbonyl (C=O) groups excluding carboxylic acids is 3. The van der Waals surface area contributed by atoms with E-state index >= 15 is 0 Å². The number of rotatable bonds is 9.